The van der Waals surface area contributed by atoms with Crippen LogP contribution >= 0.6 is 15.9 Å². The molecule has 0 aliphatic heterocycles. The lowest BCUT2D eigenvalue weighted by atomic mass is 9.81. The van der Waals surface area contributed by atoms with E-state index >= 15 is 0 Å². The van der Waals surface area contributed by atoms with Crippen molar-refractivity contribution < 1.29 is 4.79 Å². The number of carbonyl (C=O) groups is 1. The second-order valence-corrected chi connectivity index (χ2v) is 4.30. The molecular formula is C12H13BrO. The zero-order valence-corrected chi connectivity index (χ0v) is 9.59. The summed E-state index contributed by atoms with van der Waals surface area (Å²) in [6.07, 6.45) is 3.28. The summed E-state index contributed by atoms with van der Waals surface area (Å²) >= 11 is 3.25. The van der Waals surface area contributed by atoms with E-state index in [0.717, 1.165) is 19.3 Å². The molecule has 0 N–H and O–H groups in total. The van der Waals surface area contributed by atoms with Gasteiger partial charge in [-0.2, -0.15) is 0 Å². The van der Waals surface area contributed by atoms with E-state index in [2.05, 4.69) is 34.1 Å². The number of aryl methyl sites for hydroxylation is 1. The molecule has 2 rings (SSSR count). The quantitative estimate of drug-likeness (QED) is 0.740. The minimum Gasteiger partial charge on any atom is -0.298 e. The van der Waals surface area contributed by atoms with Crippen LogP contribution in [0.25, 0.3) is 0 Å². The normalized spacial score (nSPS) is 20.2. The van der Waals surface area contributed by atoms with Gasteiger partial charge in [-0.1, -0.05) is 40.2 Å². The van der Waals surface area contributed by atoms with Crippen LogP contribution in [-0.2, 0) is 11.2 Å². The van der Waals surface area contributed by atoms with Gasteiger partial charge < -0.3 is 0 Å². The van der Waals surface area contributed by atoms with Crippen molar-refractivity contribution in [3.8, 4) is 0 Å². The number of halogens is 1. The fraction of sp³-hybridized carbons (Fsp3) is 0.417. The summed E-state index contributed by atoms with van der Waals surface area (Å²) < 4.78 is 0. The largest absolute Gasteiger partial charge is 0.298 e. The van der Waals surface area contributed by atoms with Gasteiger partial charge in [-0.3, -0.25) is 4.79 Å². The Morgan fingerprint density at radius 3 is 3.00 bits per heavy atom. The first kappa shape index (κ1) is 9.91. The number of hydrogen-bond acceptors (Lipinski definition) is 1. The molecule has 0 unspecified atom stereocenters. The van der Waals surface area contributed by atoms with Crippen molar-refractivity contribution in [2.75, 3.05) is 5.33 Å². The van der Waals surface area contributed by atoms with Gasteiger partial charge in [0.15, 0.2) is 5.78 Å². The van der Waals surface area contributed by atoms with Crippen LogP contribution in [0.1, 0.15) is 29.9 Å². The molecule has 1 nitrogen and oxygen atoms in total. The molecule has 0 radical (unpaired) electrons. The van der Waals surface area contributed by atoms with E-state index in [4.69, 9.17) is 0 Å². The van der Waals surface area contributed by atoms with Crippen molar-refractivity contribution in [3.63, 3.8) is 0 Å². The number of hydrogen-bond donors (Lipinski definition) is 0. The molecule has 1 aliphatic rings. The minimum absolute atomic E-state index is 0.138. The summed E-state index contributed by atoms with van der Waals surface area (Å²) in [7, 11) is 0. The average Bonchev–Trinajstić information content (AvgIpc) is 2.27. The lowest BCUT2D eigenvalue weighted by Gasteiger charge is -2.23. The number of benzene rings is 1. The molecule has 14 heavy (non-hydrogen) atoms. The first-order valence-corrected chi connectivity index (χ1v) is 6.11. The highest BCUT2D eigenvalue weighted by Crippen LogP contribution is 2.32. The van der Waals surface area contributed by atoms with Crippen molar-refractivity contribution >= 4 is 21.7 Å². The van der Waals surface area contributed by atoms with Gasteiger partial charge in [0.25, 0.3) is 0 Å². The van der Waals surface area contributed by atoms with Crippen LogP contribution in [-0.4, -0.2) is 11.1 Å². The van der Waals surface area contributed by atoms with Gasteiger partial charge in [0.1, 0.15) is 0 Å². The van der Waals surface area contributed by atoms with Crippen LogP contribution in [0.5, 0.6) is 0 Å². The van der Waals surface area contributed by atoms with Crippen LogP contribution in [0.2, 0.25) is 0 Å². The van der Waals surface area contributed by atoms with Gasteiger partial charge in [-0.05, 0) is 30.4 Å². The molecule has 1 aliphatic carbocycles. The van der Waals surface area contributed by atoms with E-state index in [1.165, 1.54) is 11.1 Å². The Morgan fingerprint density at radius 2 is 2.21 bits per heavy atom. The van der Waals surface area contributed by atoms with Gasteiger partial charge >= 0.3 is 0 Å². The lowest BCUT2D eigenvalue weighted by Crippen LogP contribution is -2.19. The Hall–Kier alpha value is -0.630. The number of fused-ring (bicyclic) bond motifs is 1. The average molecular weight is 253 g/mol. The standard InChI is InChI=1S/C12H13BrO/c13-8-12(14)11-7-3-5-9-4-1-2-6-10(9)11/h1-2,4,6,11H,3,5,7-8H2/t11-/m0/s1. The number of rotatable bonds is 2. The molecule has 0 heterocycles. The van der Waals surface area contributed by atoms with E-state index in [-0.39, 0.29) is 5.92 Å². The van der Waals surface area contributed by atoms with Crippen LogP contribution in [0, 0.1) is 0 Å². The summed E-state index contributed by atoms with van der Waals surface area (Å²) in [6, 6.07) is 8.32. The topological polar surface area (TPSA) is 17.1 Å². The van der Waals surface area contributed by atoms with Crippen LogP contribution in [0.4, 0.5) is 0 Å². The van der Waals surface area contributed by atoms with Crippen molar-refractivity contribution in [1.29, 1.82) is 0 Å². The number of ketones is 1. The summed E-state index contributed by atoms with van der Waals surface area (Å²) in [4.78, 5) is 11.7. The first-order valence-electron chi connectivity index (χ1n) is 4.99. The Kier molecular flexibility index (Phi) is 3.02. The van der Waals surface area contributed by atoms with Crippen LogP contribution in [0.15, 0.2) is 24.3 Å². The van der Waals surface area contributed by atoms with E-state index in [1.807, 2.05) is 6.07 Å². The smallest absolute Gasteiger partial charge is 0.150 e. The van der Waals surface area contributed by atoms with E-state index < -0.39 is 0 Å². The second-order valence-electron chi connectivity index (χ2n) is 3.74. The van der Waals surface area contributed by atoms with Gasteiger partial charge in [0, 0.05) is 5.92 Å². The summed E-state index contributed by atoms with van der Waals surface area (Å²) in [5.74, 6) is 0.455. The van der Waals surface area contributed by atoms with Crippen molar-refractivity contribution in [1.82, 2.24) is 0 Å². The molecule has 0 fully saturated rings. The second kappa shape index (κ2) is 4.26. The highest BCUT2D eigenvalue weighted by Gasteiger charge is 2.24. The van der Waals surface area contributed by atoms with E-state index in [9.17, 15) is 4.79 Å². The molecule has 0 spiro atoms. The maximum atomic E-state index is 11.7. The highest BCUT2D eigenvalue weighted by atomic mass is 79.9. The highest BCUT2D eigenvalue weighted by molar-refractivity contribution is 9.09. The van der Waals surface area contributed by atoms with Gasteiger partial charge in [0.05, 0.1) is 5.33 Å². The summed E-state index contributed by atoms with van der Waals surface area (Å²) in [6.45, 7) is 0. The fourth-order valence-corrected chi connectivity index (χ4v) is 2.57. The molecule has 2 heteroatoms. The molecule has 74 valence electrons. The number of alkyl halides is 1. The van der Waals surface area contributed by atoms with Crippen molar-refractivity contribution in [2.24, 2.45) is 0 Å². The molecule has 1 atom stereocenters. The zero-order chi connectivity index (χ0) is 9.97. The SMILES string of the molecule is O=C(CBr)[C@H]1CCCc2ccccc21. The fourth-order valence-electron chi connectivity index (χ4n) is 2.18. The molecular weight excluding hydrogens is 240 g/mol. The zero-order valence-electron chi connectivity index (χ0n) is 8.00. The Labute approximate surface area is 92.6 Å². The monoisotopic (exact) mass is 252 g/mol. The van der Waals surface area contributed by atoms with Gasteiger partial charge in [-0.15, -0.1) is 0 Å². The van der Waals surface area contributed by atoms with Gasteiger partial charge in [-0.25, -0.2) is 0 Å². The molecule has 0 aromatic heterocycles. The third-order valence-electron chi connectivity index (χ3n) is 2.89. The predicted molar refractivity (Wildman–Crippen MR) is 60.9 cm³/mol. The molecule has 0 saturated heterocycles. The van der Waals surface area contributed by atoms with Crippen molar-refractivity contribution in [3.05, 3.63) is 35.4 Å². The van der Waals surface area contributed by atoms with E-state index in [1.54, 1.807) is 0 Å². The minimum atomic E-state index is 0.138. The number of Topliss-reactive ketones (excluding diaryl/α,β-unsaturated/α-hetero) is 1. The lowest BCUT2D eigenvalue weighted by molar-refractivity contribution is -0.118. The predicted octanol–water partition coefficient (Wildman–Crippen LogP) is 3.07. The summed E-state index contributed by atoms with van der Waals surface area (Å²) in [5.41, 5.74) is 2.61. The first-order chi connectivity index (χ1) is 6.83. The third kappa shape index (κ3) is 1.76. The van der Waals surface area contributed by atoms with E-state index in [0.29, 0.717) is 11.1 Å². The van der Waals surface area contributed by atoms with Crippen LogP contribution < -0.4 is 0 Å². The molecule has 1 aromatic carbocycles. The maximum absolute atomic E-state index is 11.7. The molecule has 1 aromatic rings. The Bertz CT molecular complexity index is 346. The third-order valence-corrected chi connectivity index (χ3v) is 3.44. The Balaban J connectivity index is 2.35. The van der Waals surface area contributed by atoms with Crippen molar-refractivity contribution in [2.45, 2.75) is 25.2 Å². The Morgan fingerprint density at radius 1 is 1.43 bits per heavy atom. The molecule has 0 bridgehead atoms. The van der Waals surface area contributed by atoms with Gasteiger partial charge in [0.2, 0.25) is 0 Å². The maximum Gasteiger partial charge on any atom is 0.150 e. The molecule has 0 amide bonds. The number of carbonyl (C=O) groups excluding carboxylic acids is 1. The molecule has 0 saturated carbocycles. The summed E-state index contributed by atoms with van der Waals surface area (Å²) in [5, 5.41) is 0.478. The van der Waals surface area contributed by atoms with Crippen LogP contribution in [0.3, 0.4) is 0 Å².